The Labute approximate surface area is 466 Å². The fourth-order valence-electron chi connectivity index (χ4n) is 16.2. The number of aliphatic carboxylic acids is 1. The number of aliphatic hydroxyl groups excluding tert-OH is 11. The number of esters is 2. The van der Waals surface area contributed by atoms with E-state index in [1.165, 1.54) is 0 Å². The summed E-state index contributed by atoms with van der Waals surface area (Å²) < 4.78 is 49.0. The van der Waals surface area contributed by atoms with Crippen LogP contribution in [0.3, 0.4) is 0 Å². The molecule has 0 aromatic carbocycles. The number of aliphatic hydroxyl groups is 11. The molecule has 0 aromatic heterocycles. The van der Waals surface area contributed by atoms with E-state index < -0.39 is 193 Å². The molecule has 3 heterocycles. The molecule has 0 radical (unpaired) electrons. The SMILES string of the molecule is C/C=C(/C)C(=O)O[C@H]1[C@H](OC(=O)/C(C)=C/C)C(C)(C)CC2C3=CC[C@@H]4[C@@]5(C)CC[C@H](O[C@@H]6O[C@H](C(=O)O)[C@@H](O)[C@H](O[C@@H]7O[C@@H](CO)[C@H](O)[C@H]7O)[C@H]6OC6O[C@H](CO)[C@H](O)[C@H](O)[C@H]6O)C(C)(C)[C@@H]5CC[C@@]4(C)[C@]3(C)[C@@H](O)[C@@H](O)[C@]21CO. The van der Waals surface area contributed by atoms with E-state index in [-0.39, 0.29) is 23.8 Å². The van der Waals surface area contributed by atoms with E-state index in [4.69, 9.17) is 37.9 Å². The number of carboxylic acids is 1. The second kappa shape index (κ2) is 22.7. The number of hydrogen-bond acceptors (Lipinski definition) is 22. The Bertz CT molecular complexity index is 2390. The quantitative estimate of drug-likeness (QED) is 0.0480. The highest BCUT2D eigenvalue weighted by Gasteiger charge is 2.76. The van der Waals surface area contributed by atoms with Gasteiger partial charge in [0.25, 0.3) is 0 Å². The van der Waals surface area contributed by atoms with Crippen molar-refractivity contribution in [3.63, 3.8) is 0 Å². The molecule has 23 heteroatoms. The van der Waals surface area contributed by atoms with Crippen LogP contribution < -0.4 is 0 Å². The first-order valence-corrected chi connectivity index (χ1v) is 28.1. The van der Waals surface area contributed by atoms with E-state index in [0.717, 1.165) is 5.57 Å². The molecule has 4 saturated carbocycles. The summed E-state index contributed by atoms with van der Waals surface area (Å²) in [6.45, 7) is 18.4. The predicted octanol–water partition coefficient (Wildman–Crippen LogP) is 0.263. The molecule has 3 saturated heterocycles. The third kappa shape index (κ3) is 9.76. The number of allylic oxidation sites excluding steroid dienone is 3. The van der Waals surface area contributed by atoms with Crippen molar-refractivity contribution in [3.8, 4) is 0 Å². The van der Waals surface area contributed by atoms with Crippen LogP contribution in [0.25, 0.3) is 0 Å². The lowest BCUT2D eigenvalue weighted by Crippen LogP contribution is -2.76. The summed E-state index contributed by atoms with van der Waals surface area (Å²) in [6.07, 6.45) is -24.0. The van der Waals surface area contributed by atoms with E-state index >= 15 is 0 Å². The minimum absolute atomic E-state index is 0.153. The maximum atomic E-state index is 13.9. The smallest absolute Gasteiger partial charge is 0.335 e. The molecule has 12 N–H and O–H groups in total. The van der Waals surface area contributed by atoms with Crippen molar-refractivity contribution in [2.45, 2.75) is 231 Å². The van der Waals surface area contributed by atoms with Gasteiger partial charge in [-0.25, -0.2) is 14.4 Å². The lowest BCUT2D eigenvalue weighted by atomic mass is 9.32. The van der Waals surface area contributed by atoms with Crippen molar-refractivity contribution in [3.05, 3.63) is 34.9 Å². The normalized spacial score (nSPS) is 49.0. The van der Waals surface area contributed by atoms with Gasteiger partial charge in [0.05, 0.1) is 43.5 Å². The van der Waals surface area contributed by atoms with Gasteiger partial charge in [0.2, 0.25) is 0 Å². The third-order valence-electron chi connectivity index (χ3n) is 21.4. The highest BCUT2D eigenvalue weighted by molar-refractivity contribution is 5.89. The van der Waals surface area contributed by atoms with Gasteiger partial charge in [0, 0.05) is 22.0 Å². The standard InChI is InChI=1S/C57H88O23/c1-12-24(3)47(71)79-44-45(80-48(72)25(4)13-2)57(23-60)27(20-52(44,5)6)26-14-15-31-54(9)18-17-32(53(7,8)30(54)16-19-55(31,10)56(26,11)42(67)43(57)68)75-51-41(78-50-37(65)35(63)33(61)28(21-58)73-50)39(38(66)40(77-51)46(69)70)76-49-36(64)34(62)29(22-59)74-49/h12-14,27-45,49-51,58-68H,15-23H2,1-11H3,(H,69,70)/b24-12+,25-13-/t27?,28-,29+,30+,31-,32+,33+,34+,35+,36-,37-,38+,39+,40+,41-,42+,43-,44+,45+,49+,50?,51-,54+,55-,56+,57+/m1/s1. The number of carboxylic acid groups (broad SMARTS) is 1. The molecule has 0 spiro atoms. The lowest BCUT2D eigenvalue weighted by Gasteiger charge is -2.73. The molecule has 7 fully saturated rings. The Hall–Kier alpha value is -3.05. The van der Waals surface area contributed by atoms with Crippen LogP contribution >= 0.6 is 0 Å². The summed E-state index contributed by atoms with van der Waals surface area (Å²) in [7, 11) is 0. The average Bonchev–Trinajstić information content (AvgIpc) is 3.14. The molecular formula is C57H88O23. The lowest BCUT2D eigenvalue weighted by molar-refractivity contribution is -0.386. The molecule has 8 aliphatic rings. The fourth-order valence-corrected chi connectivity index (χ4v) is 16.2. The van der Waals surface area contributed by atoms with Gasteiger partial charge in [-0.05, 0) is 100 Å². The first kappa shape index (κ1) is 63.0. The maximum absolute atomic E-state index is 13.9. The Morgan fingerprint density at radius 2 is 1.18 bits per heavy atom. The van der Waals surface area contributed by atoms with Crippen molar-refractivity contribution in [1.82, 2.24) is 0 Å². The molecule has 0 aromatic rings. The van der Waals surface area contributed by atoms with Crippen LogP contribution in [0.15, 0.2) is 34.9 Å². The largest absolute Gasteiger partial charge is 0.479 e. The van der Waals surface area contributed by atoms with Gasteiger partial charge in [-0.3, -0.25) is 0 Å². The number of hydrogen-bond donors (Lipinski definition) is 12. The molecule has 454 valence electrons. The second-order valence-corrected chi connectivity index (χ2v) is 26.0. The summed E-state index contributed by atoms with van der Waals surface area (Å²) >= 11 is 0. The van der Waals surface area contributed by atoms with Gasteiger partial charge in [-0.2, -0.15) is 0 Å². The van der Waals surface area contributed by atoms with E-state index in [1.54, 1.807) is 39.8 Å². The molecule has 80 heavy (non-hydrogen) atoms. The van der Waals surface area contributed by atoms with Crippen LogP contribution in [0.2, 0.25) is 0 Å². The first-order chi connectivity index (χ1) is 37.3. The Kier molecular flexibility index (Phi) is 17.9. The number of carbonyl (C=O) groups is 3. The molecule has 0 amide bonds. The van der Waals surface area contributed by atoms with Crippen molar-refractivity contribution in [1.29, 1.82) is 0 Å². The Morgan fingerprint density at radius 3 is 1.71 bits per heavy atom. The molecule has 5 aliphatic carbocycles. The topological polar surface area (TPSA) is 368 Å². The molecule has 3 aliphatic heterocycles. The summed E-state index contributed by atoms with van der Waals surface area (Å²) in [5, 5.41) is 134. The summed E-state index contributed by atoms with van der Waals surface area (Å²) in [4.78, 5) is 40.3. The molecule has 23 nitrogen and oxygen atoms in total. The molecule has 2 unspecified atom stereocenters. The minimum atomic E-state index is -2.13. The molecular weight excluding hydrogens is 1050 g/mol. The highest BCUT2D eigenvalue weighted by Crippen LogP contribution is 2.76. The van der Waals surface area contributed by atoms with Crippen LogP contribution in [0.4, 0.5) is 0 Å². The summed E-state index contributed by atoms with van der Waals surface area (Å²) in [6, 6.07) is 0. The van der Waals surface area contributed by atoms with Gasteiger partial charge >= 0.3 is 17.9 Å². The summed E-state index contributed by atoms with van der Waals surface area (Å²) in [5.41, 5.74) is -4.40. The van der Waals surface area contributed by atoms with Crippen molar-refractivity contribution >= 4 is 17.9 Å². The van der Waals surface area contributed by atoms with E-state index in [9.17, 15) is 75.7 Å². The van der Waals surface area contributed by atoms with Crippen LogP contribution in [0.1, 0.15) is 115 Å². The van der Waals surface area contributed by atoms with E-state index in [0.29, 0.717) is 37.7 Å². The molecule has 0 bridgehead atoms. The zero-order chi connectivity index (χ0) is 59.3. The zero-order valence-corrected chi connectivity index (χ0v) is 47.7. The van der Waals surface area contributed by atoms with Crippen molar-refractivity contribution in [2.24, 2.45) is 50.2 Å². The third-order valence-corrected chi connectivity index (χ3v) is 21.4. The van der Waals surface area contributed by atoms with Crippen LogP contribution in [0.5, 0.6) is 0 Å². The number of fused-ring (bicyclic) bond motifs is 7. The van der Waals surface area contributed by atoms with Gasteiger partial charge < -0.3 is 99.2 Å². The summed E-state index contributed by atoms with van der Waals surface area (Å²) in [5.74, 6) is -4.01. The number of carbonyl (C=O) groups excluding carboxylic acids is 2. The van der Waals surface area contributed by atoms with E-state index in [1.807, 2.05) is 34.6 Å². The highest BCUT2D eigenvalue weighted by atomic mass is 16.8. The second-order valence-electron chi connectivity index (χ2n) is 26.0. The average molecular weight is 1140 g/mol. The molecule has 26 atom stereocenters. The number of rotatable bonds is 14. The van der Waals surface area contributed by atoms with Crippen LogP contribution in [0, 0.1) is 50.2 Å². The fraction of sp³-hybridized carbons (Fsp3) is 0.842. The molecule has 8 rings (SSSR count). The van der Waals surface area contributed by atoms with Crippen LogP contribution in [-0.4, -0.2) is 216 Å². The zero-order valence-electron chi connectivity index (χ0n) is 47.7. The Morgan fingerprint density at radius 1 is 0.637 bits per heavy atom. The monoisotopic (exact) mass is 1140 g/mol. The maximum Gasteiger partial charge on any atom is 0.335 e. The van der Waals surface area contributed by atoms with Gasteiger partial charge in [-0.1, -0.05) is 72.3 Å². The van der Waals surface area contributed by atoms with Crippen molar-refractivity contribution < 1.29 is 114 Å². The van der Waals surface area contributed by atoms with Gasteiger partial charge in [0.1, 0.15) is 67.1 Å². The minimum Gasteiger partial charge on any atom is -0.479 e. The van der Waals surface area contributed by atoms with E-state index in [2.05, 4.69) is 19.9 Å². The Balaban J connectivity index is 1.14. The number of ether oxygens (including phenoxy) is 8. The van der Waals surface area contributed by atoms with Crippen molar-refractivity contribution in [2.75, 3.05) is 19.8 Å². The predicted molar refractivity (Wildman–Crippen MR) is 277 cm³/mol. The van der Waals surface area contributed by atoms with Gasteiger partial charge in [0.15, 0.2) is 31.1 Å². The van der Waals surface area contributed by atoms with Gasteiger partial charge in [-0.15, -0.1) is 0 Å². The van der Waals surface area contributed by atoms with Crippen LogP contribution in [-0.2, 0) is 52.3 Å². The first-order valence-electron chi connectivity index (χ1n) is 28.1.